The van der Waals surface area contributed by atoms with Crippen LogP contribution in [0.4, 0.5) is 65.5 Å². The van der Waals surface area contributed by atoms with Crippen molar-refractivity contribution < 1.29 is 35.5 Å². The second-order valence-electron chi connectivity index (χ2n) is 30.6. The van der Waals surface area contributed by atoms with Crippen molar-refractivity contribution in [3.05, 3.63) is 246 Å². The van der Waals surface area contributed by atoms with Gasteiger partial charge in [-0.2, -0.15) is 0 Å². The molecule has 12 heterocycles. The Balaban J connectivity index is 0.000000116. The molecule has 0 saturated carbocycles. The monoisotopic (exact) mass is 1650 g/mol. The number of benzene rings is 8. The lowest BCUT2D eigenvalue weighted by Gasteiger charge is -2.34. The predicted octanol–water partition coefficient (Wildman–Crippen LogP) is 17.3. The fourth-order valence-corrected chi connectivity index (χ4v) is 19.4. The van der Waals surface area contributed by atoms with Gasteiger partial charge in [-0.3, -0.25) is 0 Å². The highest BCUT2D eigenvalue weighted by molar-refractivity contribution is 7.17. The first kappa shape index (κ1) is 81.6. The van der Waals surface area contributed by atoms with E-state index in [4.69, 9.17) is 20.0 Å². The summed E-state index contributed by atoms with van der Waals surface area (Å²) in [7, 11) is 8.74. The van der Waals surface area contributed by atoms with Crippen LogP contribution in [0.15, 0.2) is 202 Å². The quantitative estimate of drug-likeness (QED) is 0.0813. The number of hydrogen-bond acceptors (Lipinski definition) is 24. The lowest BCUT2D eigenvalue weighted by Crippen LogP contribution is -2.47. The lowest BCUT2D eigenvalue weighted by molar-refractivity contribution is 0.0682. The number of aliphatic imine (C=N–C) groups is 4. The molecule has 12 aromatic rings. The van der Waals surface area contributed by atoms with Gasteiger partial charge in [0.1, 0.15) is 66.0 Å². The maximum Gasteiger partial charge on any atom is 0.339 e. The normalized spacial score (nSPS) is 16.2. The lowest BCUT2D eigenvalue weighted by atomic mass is 9.90. The average molecular weight is 1660 g/mol. The molecule has 0 aliphatic carbocycles. The molecule has 4 fully saturated rings. The van der Waals surface area contributed by atoms with Crippen LogP contribution in [0, 0.1) is 27.7 Å². The number of aromatic carboxylic acids is 2. The topological polar surface area (TPSA) is 270 Å². The van der Waals surface area contributed by atoms with Crippen LogP contribution in [0.2, 0.25) is 0 Å². The molecule has 8 aromatic carbocycles. The zero-order valence-corrected chi connectivity index (χ0v) is 70.7. The number of thiophene rings is 4. The molecular weight excluding hydrogens is 1560 g/mol. The first-order valence-corrected chi connectivity index (χ1v) is 42.9. The number of hydrogen-bond donors (Lipinski definition) is 8. The molecule has 23 nitrogen and oxygen atoms in total. The average Bonchev–Trinajstić information content (AvgIpc) is 1.17. The number of para-hydroxylation sites is 8. The van der Waals surface area contributed by atoms with Crippen LogP contribution in [0.25, 0.3) is 21.5 Å². The summed E-state index contributed by atoms with van der Waals surface area (Å²) in [5.74, 6) is 1.11. The van der Waals surface area contributed by atoms with Crippen molar-refractivity contribution in [3.63, 3.8) is 0 Å². The van der Waals surface area contributed by atoms with Crippen LogP contribution in [0.1, 0.15) is 73.6 Å². The van der Waals surface area contributed by atoms with Crippen LogP contribution in [0.5, 0.6) is 11.5 Å². The summed E-state index contributed by atoms with van der Waals surface area (Å²) < 4.78 is 0. The first-order valence-electron chi connectivity index (χ1n) is 39.6. The molecule has 0 unspecified atom stereocenters. The summed E-state index contributed by atoms with van der Waals surface area (Å²) in [4.78, 5) is 67.7. The third-order valence-electron chi connectivity index (χ3n) is 22.2. The number of carboxylic acids is 2. The van der Waals surface area contributed by atoms with E-state index in [1.807, 2.05) is 0 Å². The molecular formula is C91H98N16O7S4. The van der Waals surface area contributed by atoms with Gasteiger partial charge in [0, 0.05) is 142 Å². The Kier molecular flexibility index (Phi) is 24.7. The van der Waals surface area contributed by atoms with E-state index in [2.05, 4.69) is 238 Å². The molecule has 0 radical (unpaired) electrons. The summed E-state index contributed by atoms with van der Waals surface area (Å²) in [6.07, 6.45) is -0.0407. The van der Waals surface area contributed by atoms with E-state index < -0.39 is 23.4 Å². The van der Waals surface area contributed by atoms with E-state index in [1.54, 1.807) is 93.9 Å². The van der Waals surface area contributed by atoms with Gasteiger partial charge in [0.15, 0.2) is 0 Å². The number of carbonyl (C=O) groups is 2. The third-order valence-corrected chi connectivity index (χ3v) is 26.0. The zero-order chi connectivity index (χ0) is 81.1. The van der Waals surface area contributed by atoms with Gasteiger partial charge in [-0.15, -0.1) is 45.3 Å². The molecule has 8 aliphatic heterocycles. The third kappa shape index (κ3) is 17.8. The van der Waals surface area contributed by atoms with Gasteiger partial charge in [-0.25, -0.2) is 29.6 Å². The molecule has 0 bridgehead atoms. The number of amidine groups is 4. The molecule has 20 rings (SSSR count). The molecule has 0 amide bonds. The Bertz CT molecular complexity index is 5250. The van der Waals surface area contributed by atoms with Gasteiger partial charge in [0.2, 0.25) is 0 Å². The highest BCUT2D eigenvalue weighted by Crippen LogP contribution is 2.45. The number of aromatic hydroxyl groups is 2. The number of piperazine rings is 4. The van der Waals surface area contributed by atoms with Crippen molar-refractivity contribution in [2.24, 2.45) is 20.0 Å². The molecule has 27 heteroatoms. The van der Waals surface area contributed by atoms with Crippen molar-refractivity contribution in [3.8, 4) is 11.5 Å². The van der Waals surface area contributed by atoms with Gasteiger partial charge in [0.05, 0.1) is 67.8 Å². The van der Waals surface area contributed by atoms with Gasteiger partial charge >= 0.3 is 11.9 Å². The Morgan fingerprint density at radius 2 is 0.568 bits per heavy atom. The van der Waals surface area contributed by atoms with Crippen molar-refractivity contribution in [2.75, 3.05) is 154 Å². The van der Waals surface area contributed by atoms with Crippen LogP contribution >= 0.6 is 45.3 Å². The molecule has 608 valence electrons. The van der Waals surface area contributed by atoms with E-state index in [-0.39, 0.29) is 23.0 Å². The van der Waals surface area contributed by atoms with Gasteiger partial charge in [-0.05, 0) is 162 Å². The maximum atomic E-state index is 11.6. The van der Waals surface area contributed by atoms with E-state index in [9.17, 15) is 30.0 Å². The minimum absolute atomic E-state index is 0. The van der Waals surface area contributed by atoms with Crippen LogP contribution in [-0.2, 0) is 6.42 Å². The van der Waals surface area contributed by atoms with Crippen molar-refractivity contribution in [1.29, 1.82) is 0 Å². The molecule has 10 N–H and O–H groups in total. The molecule has 0 spiro atoms. The van der Waals surface area contributed by atoms with E-state index in [0.29, 0.717) is 32.7 Å². The highest BCUT2D eigenvalue weighted by Gasteiger charge is 2.32. The fourth-order valence-electron chi connectivity index (χ4n) is 15.7. The summed E-state index contributed by atoms with van der Waals surface area (Å²) in [5, 5.41) is 61.9. The number of aryl methyl sites for hydroxylation is 4. The number of likely N-dealkylation sites (N-methyl/N-ethyl adjacent to an activating group) is 4. The zero-order valence-electron chi connectivity index (χ0n) is 67.4. The largest absolute Gasteiger partial charge is 0.507 e. The van der Waals surface area contributed by atoms with Crippen molar-refractivity contribution >= 4 is 168 Å². The van der Waals surface area contributed by atoms with Crippen molar-refractivity contribution in [1.82, 2.24) is 39.2 Å². The van der Waals surface area contributed by atoms with Gasteiger partial charge in [-0.1, -0.05) is 97.1 Å². The molecule has 8 aliphatic rings. The molecule has 118 heavy (non-hydrogen) atoms. The minimum atomic E-state index is -1.28. The van der Waals surface area contributed by atoms with Crippen LogP contribution < -0.4 is 21.3 Å². The Morgan fingerprint density at radius 3 is 0.814 bits per heavy atom. The Labute approximate surface area is 703 Å². The van der Waals surface area contributed by atoms with E-state index in [0.717, 1.165) is 174 Å². The summed E-state index contributed by atoms with van der Waals surface area (Å²) in [6.45, 7) is 25.6. The summed E-state index contributed by atoms with van der Waals surface area (Å²) >= 11 is 7.23. The van der Waals surface area contributed by atoms with Crippen molar-refractivity contribution in [2.45, 2.75) is 34.1 Å². The Hall–Kier alpha value is -11.5. The van der Waals surface area contributed by atoms with Gasteiger partial charge in [0.25, 0.3) is 0 Å². The minimum Gasteiger partial charge on any atom is -0.507 e. The van der Waals surface area contributed by atoms with Crippen LogP contribution in [0.3, 0.4) is 0 Å². The molecule has 0 atom stereocenters. The van der Waals surface area contributed by atoms with E-state index in [1.165, 1.54) is 73.9 Å². The molecule has 4 saturated heterocycles. The summed E-state index contributed by atoms with van der Waals surface area (Å²) in [6, 6.07) is 59.0. The smallest absolute Gasteiger partial charge is 0.339 e. The summed E-state index contributed by atoms with van der Waals surface area (Å²) in [5.41, 5.74) is 13.5. The highest BCUT2D eigenvalue weighted by atomic mass is 32.1. The van der Waals surface area contributed by atoms with Gasteiger partial charge < -0.3 is 86.4 Å². The maximum absolute atomic E-state index is 11.6. The number of carboxylic acid groups (broad SMARTS) is 2. The number of fused-ring (bicyclic) bond motifs is 10. The predicted molar refractivity (Wildman–Crippen MR) is 488 cm³/mol. The SMILES string of the molecule is Cc1cc2c(s1)Nc1ccccc1N=C2N1CCN(C)CC1.Cc1cc2c(s1)Nc1ccccc1N=C2N1CCN(C)CC1.Cc1cc2c(s1)Nc1ccccc1N=C2N1CCN(C)CC1.Cc1cc2c(s1)Nc1ccccc1N=C2N1CCN(C)CC1.O.O=C(O)c1cc2ccccc2c(Cc2c(O)c(C(=O)O)cc3ccccc23)c1O. The first-order chi connectivity index (χ1) is 56.7. The number of phenols is 2. The second-order valence-corrected chi connectivity index (χ2v) is 35.6. The number of anilines is 8. The molecule has 4 aromatic heterocycles. The van der Waals surface area contributed by atoms with Crippen LogP contribution in [-0.4, -0.2) is 233 Å². The fraction of sp³-hybridized carbons (Fsp3) is 0.275. The standard InChI is InChI=1S/C23H16O6.4C17H20N4S.H2O/c24-20-16(14-7-3-1-5-12(14)9-18(20)22(26)27)11-17-15-8-4-2-6-13(15)10-19(21(17)25)23(28)29;4*1-12-11-13-16(21-9-7-20(2)8-10-21)18-14-5-3-4-6-15(14)19-17(13)22-12;/h1-10,24-25H,11H2,(H,26,27)(H,28,29);4*3-6,11,19H,7-10H2,1-2H3;1H2. The number of nitrogens with one attached hydrogen (secondary N) is 4. The van der Waals surface area contributed by atoms with E-state index >= 15 is 0 Å². The number of rotatable bonds is 4. The number of nitrogens with zero attached hydrogens (tertiary/aromatic N) is 12. The second kappa shape index (κ2) is 35.8. The Morgan fingerprint density at radius 1 is 0.339 bits per heavy atom.